The van der Waals surface area contributed by atoms with Gasteiger partial charge in [-0.2, -0.15) is 0 Å². The van der Waals surface area contributed by atoms with Crippen molar-refractivity contribution in [1.29, 1.82) is 0 Å². The number of amides is 2. The molecule has 0 aromatic heterocycles. The Bertz CT molecular complexity index is 494. The van der Waals surface area contributed by atoms with Gasteiger partial charge in [-0.3, -0.25) is 30.6 Å². The van der Waals surface area contributed by atoms with Gasteiger partial charge in [0, 0.05) is 25.1 Å². The van der Waals surface area contributed by atoms with Crippen LogP contribution in [0.5, 0.6) is 0 Å². The van der Waals surface area contributed by atoms with E-state index in [0.29, 0.717) is 5.56 Å². The molecule has 0 radical (unpaired) electrons. The summed E-state index contributed by atoms with van der Waals surface area (Å²) >= 11 is 0. The SMILES string of the molecule is CC(=O)NNC(=O)/C=C/c1ccc([N+](=O)[O-])cc1. The number of nitrogens with one attached hydrogen (secondary N) is 2. The van der Waals surface area contributed by atoms with Crippen molar-refractivity contribution in [3.63, 3.8) is 0 Å². The molecule has 2 amide bonds. The molecule has 1 aromatic rings. The van der Waals surface area contributed by atoms with Gasteiger partial charge < -0.3 is 0 Å². The molecule has 7 nitrogen and oxygen atoms in total. The molecule has 1 rings (SSSR count). The highest BCUT2D eigenvalue weighted by Crippen LogP contribution is 2.12. The maximum Gasteiger partial charge on any atom is 0.269 e. The van der Waals surface area contributed by atoms with Crippen LogP contribution in [0.2, 0.25) is 0 Å². The predicted octanol–water partition coefficient (Wildman–Crippen LogP) is 0.775. The van der Waals surface area contributed by atoms with Crippen LogP contribution in [0.15, 0.2) is 30.3 Å². The van der Waals surface area contributed by atoms with Crippen molar-refractivity contribution < 1.29 is 14.5 Å². The Balaban J connectivity index is 2.58. The number of carbonyl (C=O) groups excluding carboxylic acids is 2. The largest absolute Gasteiger partial charge is 0.274 e. The Hall–Kier alpha value is -2.70. The van der Waals surface area contributed by atoms with Gasteiger partial charge in [0.2, 0.25) is 5.91 Å². The second-order valence-corrected chi connectivity index (χ2v) is 3.35. The van der Waals surface area contributed by atoms with Gasteiger partial charge in [0.15, 0.2) is 0 Å². The van der Waals surface area contributed by atoms with E-state index in [4.69, 9.17) is 0 Å². The lowest BCUT2D eigenvalue weighted by Crippen LogP contribution is -2.39. The van der Waals surface area contributed by atoms with Gasteiger partial charge in [-0.25, -0.2) is 0 Å². The van der Waals surface area contributed by atoms with E-state index in [0.717, 1.165) is 0 Å². The van der Waals surface area contributed by atoms with E-state index in [1.54, 1.807) is 0 Å². The van der Waals surface area contributed by atoms with Gasteiger partial charge in [-0.05, 0) is 23.8 Å². The third-order valence-corrected chi connectivity index (χ3v) is 1.89. The fourth-order valence-electron chi connectivity index (χ4n) is 1.07. The van der Waals surface area contributed by atoms with Crippen molar-refractivity contribution in [2.24, 2.45) is 0 Å². The number of nitrogens with zero attached hydrogens (tertiary/aromatic N) is 1. The normalized spacial score (nSPS) is 10.1. The standard InChI is InChI=1S/C11H11N3O4/c1-8(15)12-13-11(16)7-4-9-2-5-10(6-3-9)14(17)18/h2-7H,1H3,(H,12,15)(H,13,16)/b7-4+. The summed E-state index contributed by atoms with van der Waals surface area (Å²) in [7, 11) is 0. The highest BCUT2D eigenvalue weighted by Gasteiger charge is 2.02. The molecule has 0 atom stereocenters. The first kappa shape index (κ1) is 13.4. The molecule has 1 aromatic carbocycles. The summed E-state index contributed by atoms with van der Waals surface area (Å²) in [5.41, 5.74) is 4.89. The fraction of sp³-hybridized carbons (Fsp3) is 0.0909. The molecule has 0 heterocycles. The first-order chi connectivity index (χ1) is 8.49. The van der Waals surface area contributed by atoms with Crippen LogP contribution in [-0.4, -0.2) is 16.7 Å². The van der Waals surface area contributed by atoms with E-state index in [-0.39, 0.29) is 11.6 Å². The monoisotopic (exact) mass is 249 g/mol. The number of non-ortho nitro benzene ring substituents is 1. The number of rotatable bonds is 3. The molecule has 0 spiro atoms. The van der Waals surface area contributed by atoms with Crippen LogP contribution in [-0.2, 0) is 9.59 Å². The summed E-state index contributed by atoms with van der Waals surface area (Å²) in [4.78, 5) is 31.6. The van der Waals surface area contributed by atoms with Crippen LogP contribution in [0.1, 0.15) is 12.5 Å². The first-order valence-corrected chi connectivity index (χ1v) is 4.98. The van der Waals surface area contributed by atoms with Crippen molar-refractivity contribution in [3.05, 3.63) is 46.0 Å². The van der Waals surface area contributed by atoms with Crippen LogP contribution in [0, 0.1) is 10.1 Å². The van der Waals surface area contributed by atoms with Crippen LogP contribution >= 0.6 is 0 Å². The smallest absolute Gasteiger partial charge is 0.269 e. The minimum Gasteiger partial charge on any atom is -0.274 e. The highest BCUT2D eigenvalue weighted by atomic mass is 16.6. The fourth-order valence-corrected chi connectivity index (χ4v) is 1.07. The van der Waals surface area contributed by atoms with Crippen molar-refractivity contribution in [1.82, 2.24) is 10.9 Å². The summed E-state index contributed by atoms with van der Waals surface area (Å²) in [6, 6.07) is 5.71. The lowest BCUT2D eigenvalue weighted by molar-refractivity contribution is -0.384. The third-order valence-electron chi connectivity index (χ3n) is 1.89. The zero-order chi connectivity index (χ0) is 13.5. The van der Waals surface area contributed by atoms with E-state index < -0.39 is 10.8 Å². The van der Waals surface area contributed by atoms with E-state index in [1.165, 1.54) is 43.3 Å². The maximum atomic E-state index is 11.2. The average Bonchev–Trinajstić information content (AvgIpc) is 2.34. The minimum atomic E-state index is -0.503. The molecule has 0 saturated heterocycles. The van der Waals surface area contributed by atoms with Crippen molar-refractivity contribution >= 4 is 23.6 Å². The lowest BCUT2D eigenvalue weighted by Gasteiger charge is -2.00. The molecule has 0 saturated carbocycles. The number of carbonyl (C=O) groups is 2. The van der Waals surface area contributed by atoms with Gasteiger partial charge >= 0.3 is 0 Å². The number of hydrogen-bond donors (Lipinski definition) is 2. The Kier molecular flexibility index (Phi) is 4.56. The van der Waals surface area contributed by atoms with Crippen molar-refractivity contribution in [2.75, 3.05) is 0 Å². The van der Waals surface area contributed by atoms with Crippen LogP contribution in [0.3, 0.4) is 0 Å². The molecule has 94 valence electrons. The molecule has 0 aliphatic heterocycles. The number of hydrogen-bond acceptors (Lipinski definition) is 4. The number of hydrazine groups is 1. The predicted molar refractivity (Wildman–Crippen MR) is 64.1 cm³/mol. The summed E-state index contributed by atoms with van der Waals surface area (Å²) in [6.45, 7) is 1.26. The van der Waals surface area contributed by atoms with Gasteiger partial charge in [-0.1, -0.05) is 0 Å². The van der Waals surface area contributed by atoms with Crippen LogP contribution < -0.4 is 10.9 Å². The average molecular weight is 249 g/mol. The number of benzene rings is 1. The molecule has 0 aliphatic carbocycles. The topological polar surface area (TPSA) is 101 Å². The second kappa shape index (κ2) is 6.14. The van der Waals surface area contributed by atoms with E-state index in [9.17, 15) is 19.7 Å². The molecular weight excluding hydrogens is 238 g/mol. The molecule has 0 aliphatic rings. The Morgan fingerprint density at radius 3 is 2.33 bits per heavy atom. The van der Waals surface area contributed by atoms with Gasteiger partial charge in [0.05, 0.1) is 4.92 Å². The number of nitro groups is 1. The summed E-state index contributed by atoms with van der Waals surface area (Å²) in [5, 5.41) is 10.4. The van der Waals surface area contributed by atoms with Gasteiger partial charge in [-0.15, -0.1) is 0 Å². The van der Waals surface area contributed by atoms with E-state index in [1.807, 2.05) is 0 Å². The zero-order valence-electron chi connectivity index (χ0n) is 9.54. The molecule has 2 N–H and O–H groups in total. The lowest BCUT2D eigenvalue weighted by atomic mass is 10.2. The summed E-state index contributed by atoms with van der Waals surface area (Å²) in [6.07, 6.45) is 2.68. The van der Waals surface area contributed by atoms with Gasteiger partial charge in [0.25, 0.3) is 11.6 Å². The highest BCUT2D eigenvalue weighted by molar-refractivity contribution is 5.92. The number of nitro benzene ring substituents is 1. The molecular formula is C11H11N3O4. The van der Waals surface area contributed by atoms with Crippen LogP contribution in [0.4, 0.5) is 5.69 Å². The van der Waals surface area contributed by atoms with Gasteiger partial charge in [0.1, 0.15) is 0 Å². The van der Waals surface area contributed by atoms with Crippen LogP contribution in [0.25, 0.3) is 6.08 Å². The maximum absolute atomic E-state index is 11.2. The summed E-state index contributed by atoms with van der Waals surface area (Å²) in [5.74, 6) is -0.879. The molecule has 7 heteroatoms. The third kappa shape index (κ3) is 4.44. The van der Waals surface area contributed by atoms with E-state index >= 15 is 0 Å². The Labute approximate surface area is 103 Å². The molecule has 0 unspecified atom stereocenters. The molecule has 0 bridgehead atoms. The van der Waals surface area contributed by atoms with Crippen molar-refractivity contribution in [2.45, 2.75) is 6.92 Å². The molecule has 0 fully saturated rings. The molecule has 18 heavy (non-hydrogen) atoms. The zero-order valence-corrected chi connectivity index (χ0v) is 9.54. The van der Waals surface area contributed by atoms with E-state index in [2.05, 4.69) is 10.9 Å². The van der Waals surface area contributed by atoms with Crippen molar-refractivity contribution in [3.8, 4) is 0 Å². The quantitative estimate of drug-likeness (QED) is 0.469. The minimum absolute atomic E-state index is 0.0187. The Morgan fingerprint density at radius 2 is 1.83 bits per heavy atom. The first-order valence-electron chi connectivity index (χ1n) is 4.98. The second-order valence-electron chi connectivity index (χ2n) is 3.35. The Morgan fingerprint density at radius 1 is 1.22 bits per heavy atom. The summed E-state index contributed by atoms with van der Waals surface area (Å²) < 4.78 is 0.